The highest BCUT2D eigenvalue weighted by Crippen LogP contribution is 2.48. The molecule has 1 unspecified atom stereocenters. The summed E-state index contributed by atoms with van der Waals surface area (Å²) in [4.78, 5) is 25.1. The number of likely N-dealkylation sites (N-methyl/N-ethyl adjacent to an activating group) is 1. The molecule has 4 nitrogen and oxygen atoms in total. The highest BCUT2D eigenvalue weighted by molar-refractivity contribution is 6.30. The Hall–Kier alpha value is -2.33. The van der Waals surface area contributed by atoms with E-state index in [2.05, 4.69) is 10.6 Å². The van der Waals surface area contributed by atoms with Gasteiger partial charge in [-0.05, 0) is 36.1 Å². The third-order valence-electron chi connectivity index (χ3n) is 4.50. The minimum Gasteiger partial charge on any atom is -0.357 e. The van der Waals surface area contributed by atoms with Crippen molar-refractivity contribution in [2.75, 3.05) is 7.05 Å². The number of hydrogen-bond acceptors (Lipinski definition) is 2. The lowest BCUT2D eigenvalue weighted by Gasteiger charge is -2.22. The van der Waals surface area contributed by atoms with Gasteiger partial charge in [0.25, 0.3) is 0 Å². The number of amides is 2. The number of halogens is 1. The Bertz CT molecular complexity index is 740. The van der Waals surface area contributed by atoms with Crippen LogP contribution in [0.5, 0.6) is 0 Å². The van der Waals surface area contributed by atoms with Gasteiger partial charge >= 0.3 is 0 Å². The molecule has 2 amide bonds. The lowest BCUT2D eigenvalue weighted by Crippen LogP contribution is -2.43. The van der Waals surface area contributed by atoms with E-state index in [1.54, 1.807) is 19.2 Å². The molecule has 2 aromatic carbocycles. The molecule has 1 aliphatic carbocycles. The Morgan fingerprint density at radius 3 is 2.21 bits per heavy atom. The molecule has 1 aliphatic rings. The van der Waals surface area contributed by atoms with E-state index in [-0.39, 0.29) is 11.8 Å². The molecular formula is C19H19ClN2O2. The van der Waals surface area contributed by atoms with Crippen LogP contribution in [0.4, 0.5) is 0 Å². The lowest BCUT2D eigenvalue weighted by molar-refractivity contribution is -0.130. The van der Waals surface area contributed by atoms with E-state index >= 15 is 0 Å². The van der Waals surface area contributed by atoms with Gasteiger partial charge in [-0.1, -0.05) is 54.1 Å². The van der Waals surface area contributed by atoms with Crippen molar-refractivity contribution < 1.29 is 9.59 Å². The molecule has 0 aliphatic heterocycles. The molecule has 0 saturated heterocycles. The third-order valence-corrected chi connectivity index (χ3v) is 4.75. The second-order valence-corrected chi connectivity index (χ2v) is 6.46. The first-order valence-electron chi connectivity index (χ1n) is 7.90. The van der Waals surface area contributed by atoms with Crippen LogP contribution in [-0.4, -0.2) is 18.9 Å². The molecular weight excluding hydrogens is 324 g/mol. The predicted octanol–water partition coefficient (Wildman–Crippen LogP) is 2.98. The van der Waals surface area contributed by atoms with Gasteiger partial charge in [-0.3, -0.25) is 9.59 Å². The zero-order valence-corrected chi connectivity index (χ0v) is 14.1. The van der Waals surface area contributed by atoms with Crippen LogP contribution in [0.1, 0.15) is 30.0 Å². The predicted molar refractivity (Wildman–Crippen MR) is 93.8 cm³/mol. The van der Waals surface area contributed by atoms with E-state index in [0.29, 0.717) is 5.02 Å². The number of nitrogens with one attached hydrogen (secondary N) is 2. The van der Waals surface area contributed by atoms with Crippen LogP contribution >= 0.6 is 11.6 Å². The van der Waals surface area contributed by atoms with Crippen LogP contribution in [0, 0.1) is 0 Å². The summed E-state index contributed by atoms with van der Waals surface area (Å²) < 4.78 is 0. The Labute approximate surface area is 146 Å². The van der Waals surface area contributed by atoms with Gasteiger partial charge in [-0.2, -0.15) is 0 Å². The Morgan fingerprint density at radius 2 is 1.67 bits per heavy atom. The van der Waals surface area contributed by atoms with E-state index in [1.165, 1.54) is 0 Å². The maximum atomic E-state index is 12.9. The molecule has 24 heavy (non-hydrogen) atoms. The van der Waals surface area contributed by atoms with Gasteiger partial charge in [0.15, 0.2) is 0 Å². The molecule has 0 radical (unpaired) electrons. The zero-order valence-electron chi connectivity index (χ0n) is 13.4. The zero-order chi connectivity index (χ0) is 17.2. The normalized spacial score (nSPS) is 16.1. The Morgan fingerprint density at radius 1 is 1.04 bits per heavy atom. The standard InChI is InChI=1S/C19H19ClN2O2/c1-21-17(23)16(13-5-3-2-4-6-13)22-18(24)19(11-12-19)14-7-9-15(20)10-8-14/h2-10,16H,11-12H2,1H3,(H,21,23)(H,22,24). The van der Waals surface area contributed by atoms with Crippen molar-refractivity contribution in [2.24, 2.45) is 0 Å². The second kappa shape index (κ2) is 6.65. The van der Waals surface area contributed by atoms with Crippen molar-refractivity contribution in [1.29, 1.82) is 0 Å². The summed E-state index contributed by atoms with van der Waals surface area (Å²) in [6.45, 7) is 0. The summed E-state index contributed by atoms with van der Waals surface area (Å²) in [6, 6.07) is 15.9. The molecule has 1 atom stereocenters. The molecule has 3 rings (SSSR count). The topological polar surface area (TPSA) is 58.2 Å². The molecule has 1 saturated carbocycles. The maximum absolute atomic E-state index is 12.9. The van der Waals surface area contributed by atoms with Crippen molar-refractivity contribution in [3.63, 3.8) is 0 Å². The van der Waals surface area contributed by atoms with Crippen LogP contribution in [0.2, 0.25) is 5.02 Å². The van der Waals surface area contributed by atoms with E-state index < -0.39 is 11.5 Å². The van der Waals surface area contributed by atoms with Gasteiger partial charge in [0.2, 0.25) is 11.8 Å². The monoisotopic (exact) mass is 342 g/mol. The first-order chi connectivity index (χ1) is 11.6. The lowest BCUT2D eigenvalue weighted by atomic mass is 9.94. The average Bonchev–Trinajstić information content (AvgIpc) is 3.42. The molecule has 124 valence electrons. The fourth-order valence-electron chi connectivity index (χ4n) is 2.90. The first kappa shape index (κ1) is 16.5. The molecule has 0 bridgehead atoms. The van der Waals surface area contributed by atoms with Gasteiger partial charge < -0.3 is 10.6 Å². The number of benzene rings is 2. The van der Waals surface area contributed by atoms with Gasteiger partial charge in [-0.25, -0.2) is 0 Å². The first-order valence-corrected chi connectivity index (χ1v) is 8.28. The van der Waals surface area contributed by atoms with Crippen LogP contribution in [0.25, 0.3) is 0 Å². The second-order valence-electron chi connectivity index (χ2n) is 6.02. The Kier molecular flexibility index (Phi) is 4.58. The van der Waals surface area contributed by atoms with Crippen LogP contribution in [0.3, 0.4) is 0 Å². The maximum Gasteiger partial charge on any atom is 0.246 e. The highest BCUT2D eigenvalue weighted by Gasteiger charge is 2.51. The van der Waals surface area contributed by atoms with Crippen molar-refractivity contribution in [2.45, 2.75) is 24.3 Å². The van der Waals surface area contributed by atoms with Crippen molar-refractivity contribution in [1.82, 2.24) is 10.6 Å². The van der Waals surface area contributed by atoms with Crippen molar-refractivity contribution in [3.8, 4) is 0 Å². The summed E-state index contributed by atoms with van der Waals surface area (Å²) in [5.41, 5.74) is 1.15. The summed E-state index contributed by atoms with van der Waals surface area (Å²) >= 11 is 5.93. The number of carbonyl (C=O) groups excluding carboxylic acids is 2. The fourth-order valence-corrected chi connectivity index (χ4v) is 3.03. The summed E-state index contributed by atoms with van der Waals surface area (Å²) in [5, 5.41) is 6.17. The molecule has 0 heterocycles. The third kappa shape index (κ3) is 3.15. The van der Waals surface area contributed by atoms with Crippen LogP contribution < -0.4 is 10.6 Å². The van der Waals surface area contributed by atoms with Gasteiger partial charge in [-0.15, -0.1) is 0 Å². The van der Waals surface area contributed by atoms with Crippen molar-refractivity contribution >= 4 is 23.4 Å². The Balaban J connectivity index is 1.83. The van der Waals surface area contributed by atoms with Crippen LogP contribution in [0.15, 0.2) is 54.6 Å². The SMILES string of the molecule is CNC(=O)C(NC(=O)C1(c2ccc(Cl)cc2)CC1)c1ccccc1. The molecule has 2 N–H and O–H groups in total. The van der Waals surface area contributed by atoms with Crippen LogP contribution in [-0.2, 0) is 15.0 Å². The summed E-state index contributed by atoms with van der Waals surface area (Å²) in [6.07, 6.45) is 1.55. The molecule has 1 fully saturated rings. The molecule has 2 aromatic rings. The summed E-state index contributed by atoms with van der Waals surface area (Å²) in [7, 11) is 1.57. The number of rotatable bonds is 5. The minimum absolute atomic E-state index is 0.123. The smallest absolute Gasteiger partial charge is 0.246 e. The van der Waals surface area contributed by atoms with Gasteiger partial charge in [0, 0.05) is 12.1 Å². The molecule has 0 aromatic heterocycles. The number of hydrogen-bond donors (Lipinski definition) is 2. The fraction of sp³-hybridized carbons (Fsp3) is 0.263. The summed E-state index contributed by atoms with van der Waals surface area (Å²) in [5.74, 6) is -0.358. The van der Waals surface area contributed by atoms with E-state index in [9.17, 15) is 9.59 Å². The largest absolute Gasteiger partial charge is 0.357 e. The highest BCUT2D eigenvalue weighted by atomic mass is 35.5. The van der Waals surface area contributed by atoms with Gasteiger partial charge in [0.05, 0.1) is 5.41 Å². The molecule has 0 spiro atoms. The van der Waals surface area contributed by atoms with E-state index in [0.717, 1.165) is 24.0 Å². The van der Waals surface area contributed by atoms with Crippen molar-refractivity contribution in [3.05, 3.63) is 70.7 Å². The molecule has 5 heteroatoms. The number of carbonyl (C=O) groups is 2. The van der Waals surface area contributed by atoms with E-state index in [1.807, 2.05) is 42.5 Å². The quantitative estimate of drug-likeness (QED) is 0.877. The van der Waals surface area contributed by atoms with Gasteiger partial charge in [0.1, 0.15) is 6.04 Å². The average molecular weight is 343 g/mol. The minimum atomic E-state index is -0.700. The van der Waals surface area contributed by atoms with E-state index in [4.69, 9.17) is 11.6 Å².